The Morgan fingerprint density at radius 3 is 2.94 bits per heavy atom. The molecule has 0 aliphatic carbocycles. The van der Waals surface area contributed by atoms with E-state index in [1.807, 2.05) is 12.3 Å². The molecule has 0 aromatic carbocycles. The van der Waals surface area contributed by atoms with Gasteiger partial charge in [-0.2, -0.15) is 0 Å². The quantitative estimate of drug-likeness (QED) is 0.701. The lowest BCUT2D eigenvalue weighted by molar-refractivity contribution is 0.00845. The van der Waals surface area contributed by atoms with Gasteiger partial charge in [0.2, 0.25) is 0 Å². The second kappa shape index (κ2) is 4.04. The Kier molecular flexibility index (Phi) is 2.50. The number of carboxylic acid groups (broad SMARTS) is 1. The largest absolute Gasteiger partial charge is 0.485 e. The minimum absolute atomic E-state index is 0.453. The van der Waals surface area contributed by atoms with Gasteiger partial charge in [-0.05, 0) is 6.08 Å². The molecule has 0 saturated carbocycles. The van der Waals surface area contributed by atoms with Gasteiger partial charge in [0.1, 0.15) is 6.26 Å². The molecule has 0 aromatic heterocycles. The molecule has 96 valence electrons. The summed E-state index contributed by atoms with van der Waals surface area (Å²) in [5.74, 6) is 0.900. The highest BCUT2D eigenvalue weighted by atomic mass is 16.5. The maximum Gasteiger partial charge on any atom is 0.407 e. The maximum absolute atomic E-state index is 10.9. The third-order valence-corrected chi connectivity index (χ3v) is 3.66. The third-order valence-electron chi connectivity index (χ3n) is 3.66. The fourth-order valence-corrected chi connectivity index (χ4v) is 2.64. The smallest absolute Gasteiger partial charge is 0.407 e. The molecular weight excluding hydrogens is 234 g/mol. The van der Waals surface area contributed by atoms with Crippen LogP contribution in [0.5, 0.6) is 0 Å². The van der Waals surface area contributed by atoms with E-state index in [1.165, 1.54) is 4.90 Å². The molecular formula is C12H15N3O3. The van der Waals surface area contributed by atoms with Crippen molar-refractivity contribution in [2.24, 2.45) is 4.99 Å². The van der Waals surface area contributed by atoms with E-state index in [0.29, 0.717) is 25.9 Å². The van der Waals surface area contributed by atoms with Gasteiger partial charge in [0.15, 0.2) is 11.4 Å². The van der Waals surface area contributed by atoms with Crippen LogP contribution in [-0.4, -0.2) is 52.1 Å². The molecule has 3 aliphatic heterocycles. The first-order chi connectivity index (χ1) is 8.71. The van der Waals surface area contributed by atoms with Crippen LogP contribution in [0.3, 0.4) is 0 Å². The van der Waals surface area contributed by atoms with Crippen molar-refractivity contribution in [2.75, 3.05) is 19.6 Å². The van der Waals surface area contributed by atoms with Gasteiger partial charge in [0.05, 0.1) is 0 Å². The highest BCUT2D eigenvalue weighted by Gasteiger charge is 2.45. The molecule has 0 unspecified atom stereocenters. The molecule has 0 bridgehead atoms. The first kappa shape index (κ1) is 11.1. The number of amidine groups is 1. The molecule has 1 amide bonds. The fourth-order valence-electron chi connectivity index (χ4n) is 2.64. The van der Waals surface area contributed by atoms with E-state index in [1.54, 1.807) is 12.5 Å². The van der Waals surface area contributed by atoms with Crippen LogP contribution < -0.4 is 0 Å². The minimum Gasteiger partial charge on any atom is -0.485 e. The van der Waals surface area contributed by atoms with Crippen molar-refractivity contribution in [1.29, 1.82) is 0 Å². The molecule has 6 nitrogen and oxygen atoms in total. The molecule has 0 radical (unpaired) electrons. The van der Waals surface area contributed by atoms with E-state index in [2.05, 4.69) is 9.89 Å². The summed E-state index contributed by atoms with van der Waals surface area (Å²) in [7, 11) is 0. The molecule has 6 heteroatoms. The summed E-state index contributed by atoms with van der Waals surface area (Å²) in [6, 6.07) is 0. The topological polar surface area (TPSA) is 65.4 Å². The molecule has 18 heavy (non-hydrogen) atoms. The van der Waals surface area contributed by atoms with Crippen LogP contribution in [0.2, 0.25) is 0 Å². The summed E-state index contributed by atoms with van der Waals surface area (Å²) in [6.45, 7) is 1.77. The van der Waals surface area contributed by atoms with E-state index in [-0.39, 0.29) is 0 Å². The molecule has 1 N–H and O–H groups in total. The van der Waals surface area contributed by atoms with Crippen molar-refractivity contribution in [3.05, 3.63) is 24.7 Å². The fraction of sp³-hybridized carbons (Fsp3) is 0.500. The van der Waals surface area contributed by atoms with Crippen LogP contribution >= 0.6 is 0 Å². The van der Waals surface area contributed by atoms with Crippen molar-refractivity contribution < 1.29 is 14.6 Å². The van der Waals surface area contributed by atoms with Gasteiger partial charge in [0.25, 0.3) is 0 Å². The third kappa shape index (κ3) is 1.64. The minimum atomic E-state index is -0.862. The zero-order valence-electron chi connectivity index (χ0n) is 9.95. The molecule has 3 heterocycles. The Balaban J connectivity index is 1.83. The molecule has 1 saturated heterocycles. The van der Waals surface area contributed by atoms with Crippen molar-refractivity contribution in [3.63, 3.8) is 0 Å². The first-order valence-corrected chi connectivity index (χ1v) is 6.04. The molecule has 1 fully saturated rings. The van der Waals surface area contributed by atoms with Crippen molar-refractivity contribution in [1.82, 2.24) is 9.80 Å². The summed E-state index contributed by atoms with van der Waals surface area (Å²) in [5, 5.41) is 8.98. The monoisotopic (exact) mass is 249 g/mol. The predicted octanol–water partition coefficient (Wildman–Crippen LogP) is 1.23. The van der Waals surface area contributed by atoms with Crippen LogP contribution in [0, 0.1) is 0 Å². The number of hydrogen-bond acceptors (Lipinski definition) is 4. The number of piperidine rings is 1. The second-order valence-corrected chi connectivity index (χ2v) is 4.66. The van der Waals surface area contributed by atoms with Gasteiger partial charge in [-0.3, -0.25) is 0 Å². The van der Waals surface area contributed by atoms with Gasteiger partial charge in [-0.15, -0.1) is 0 Å². The summed E-state index contributed by atoms with van der Waals surface area (Å²) in [5.41, 5.74) is -0.453. The predicted molar refractivity (Wildman–Crippen MR) is 65.1 cm³/mol. The van der Waals surface area contributed by atoms with Gasteiger partial charge >= 0.3 is 6.09 Å². The number of fused-ring (bicyclic) bond motifs is 2. The van der Waals surface area contributed by atoms with E-state index in [4.69, 9.17) is 9.84 Å². The number of carbonyl (C=O) groups is 1. The molecule has 3 rings (SSSR count). The van der Waals surface area contributed by atoms with Crippen molar-refractivity contribution in [3.8, 4) is 0 Å². The standard InChI is InChI=1S/C12H15N3O3/c16-11(17)15-6-2-12(3-7-15)10-13-4-1-5-14(10)8-9-18-12/h1,4,8-9H,2-3,5-7H2,(H,16,17). The Bertz CT molecular complexity index is 447. The van der Waals surface area contributed by atoms with E-state index >= 15 is 0 Å². The lowest BCUT2D eigenvalue weighted by atomic mass is 9.88. The van der Waals surface area contributed by atoms with Crippen LogP contribution in [0.1, 0.15) is 12.8 Å². The zero-order chi connectivity index (χ0) is 12.6. The Morgan fingerprint density at radius 2 is 2.22 bits per heavy atom. The SMILES string of the molecule is O=C(O)N1CCC2(CC1)OC=CN1CC=CN=C12. The highest BCUT2D eigenvalue weighted by Crippen LogP contribution is 2.33. The van der Waals surface area contributed by atoms with E-state index in [9.17, 15) is 4.79 Å². The lowest BCUT2D eigenvalue weighted by Crippen LogP contribution is -2.57. The number of ether oxygens (including phenoxy) is 1. The van der Waals surface area contributed by atoms with Crippen LogP contribution in [0.4, 0.5) is 4.79 Å². The van der Waals surface area contributed by atoms with Gasteiger partial charge in [-0.25, -0.2) is 9.79 Å². The number of hydrogen-bond donors (Lipinski definition) is 1. The second-order valence-electron chi connectivity index (χ2n) is 4.66. The summed E-state index contributed by atoms with van der Waals surface area (Å²) < 4.78 is 5.80. The normalized spacial score (nSPS) is 24.6. The Labute approximate surface area is 105 Å². The zero-order valence-corrected chi connectivity index (χ0v) is 9.95. The van der Waals surface area contributed by atoms with Gasteiger partial charge in [-0.1, -0.05) is 0 Å². The number of amides is 1. The maximum atomic E-state index is 10.9. The summed E-state index contributed by atoms with van der Waals surface area (Å²) in [4.78, 5) is 18.8. The van der Waals surface area contributed by atoms with Crippen LogP contribution in [0.25, 0.3) is 0 Å². The molecule has 0 aromatic rings. The number of likely N-dealkylation sites (tertiary alicyclic amines) is 1. The molecule has 3 aliphatic rings. The lowest BCUT2D eigenvalue weighted by Gasteiger charge is -2.45. The summed E-state index contributed by atoms with van der Waals surface area (Å²) in [6.07, 6.45) is 7.77. The number of aliphatic imine (C=N–C) groups is 1. The van der Waals surface area contributed by atoms with Crippen molar-refractivity contribution >= 4 is 11.9 Å². The van der Waals surface area contributed by atoms with Gasteiger partial charge in [0, 0.05) is 44.9 Å². The van der Waals surface area contributed by atoms with E-state index in [0.717, 1.165) is 12.4 Å². The number of nitrogens with zero attached hydrogens (tertiary/aromatic N) is 3. The van der Waals surface area contributed by atoms with E-state index < -0.39 is 11.7 Å². The van der Waals surface area contributed by atoms with Crippen LogP contribution in [0.15, 0.2) is 29.7 Å². The molecule has 1 spiro atoms. The summed E-state index contributed by atoms with van der Waals surface area (Å²) >= 11 is 0. The van der Waals surface area contributed by atoms with Gasteiger partial charge < -0.3 is 19.6 Å². The van der Waals surface area contributed by atoms with Crippen molar-refractivity contribution in [2.45, 2.75) is 18.4 Å². The Morgan fingerprint density at radius 1 is 1.44 bits per heavy atom. The van der Waals surface area contributed by atoms with Crippen LogP contribution in [-0.2, 0) is 4.74 Å². The number of rotatable bonds is 0. The first-order valence-electron chi connectivity index (χ1n) is 6.04. The Hall–Kier alpha value is -1.98. The molecule has 0 atom stereocenters. The highest BCUT2D eigenvalue weighted by molar-refractivity contribution is 5.93. The average Bonchev–Trinajstić information content (AvgIpc) is 2.40. The average molecular weight is 249 g/mol.